The number of carbonyl (C=O) groups is 3. The summed E-state index contributed by atoms with van der Waals surface area (Å²) in [7, 11) is 0. The van der Waals surface area contributed by atoms with Crippen LogP contribution in [0.4, 0.5) is 13.2 Å². The van der Waals surface area contributed by atoms with E-state index in [9.17, 15) is 32.7 Å². The minimum atomic E-state index is -5.09. The van der Waals surface area contributed by atoms with Crippen LogP contribution in [0.2, 0.25) is 0 Å². The first-order valence-corrected chi connectivity index (χ1v) is 11.7. The Labute approximate surface area is 202 Å². The normalized spacial score (nSPS) is 31.4. The van der Waals surface area contributed by atoms with Gasteiger partial charge in [-0.3, -0.25) is 4.79 Å². The fourth-order valence-electron chi connectivity index (χ4n) is 5.77. The van der Waals surface area contributed by atoms with Gasteiger partial charge in [-0.1, -0.05) is 0 Å². The quantitative estimate of drug-likeness (QED) is 0.279. The zero-order chi connectivity index (χ0) is 22.8. The second-order valence-electron chi connectivity index (χ2n) is 8.78. The van der Waals surface area contributed by atoms with Crippen LogP contribution in [0.5, 0.6) is 5.75 Å². The summed E-state index contributed by atoms with van der Waals surface area (Å²) < 4.78 is 50.1. The lowest BCUT2D eigenvalue weighted by Crippen LogP contribution is -2.61. The molecule has 168 valence electrons. The van der Waals surface area contributed by atoms with Gasteiger partial charge in [-0.2, -0.15) is 13.2 Å². The van der Waals surface area contributed by atoms with E-state index in [0.29, 0.717) is 32.8 Å². The van der Waals surface area contributed by atoms with Crippen molar-refractivity contribution in [3.8, 4) is 5.75 Å². The molecule has 0 aromatic heterocycles. The van der Waals surface area contributed by atoms with Gasteiger partial charge in [0.05, 0.1) is 18.1 Å². The zero-order valence-electron chi connectivity index (χ0n) is 15.9. The van der Waals surface area contributed by atoms with Crippen LogP contribution in [0.1, 0.15) is 48.9 Å². The third-order valence-corrected chi connectivity index (χ3v) is 8.02. The fourth-order valence-corrected chi connectivity index (χ4v) is 7.76. The molecule has 6 nitrogen and oxygen atoms in total. The molecule has 4 aliphatic rings. The Balaban J connectivity index is 1.60. The molecule has 0 heterocycles. The fraction of sp³-hybridized carbons (Fsp3) is 0.550. The first-order chi connectivity index (χ1) is 14.3. The van der Waals surface area contributed by atoms with Crippen molar-refractivity contribution in [2.75, 3.05) is 0 Å². The Morgan fingerprint density at radius 1 is 1.03 bits per heavy atom. The third-order valence-electron chi connectivity index (χ3n) is 6.42. The molecule has 0 aliphatic heterocycles. The average Bonchev–Trinajstić information content (AvgIpc) is 2.61. The summed E-state index contributed by atoms with van der Waals surface area (Å²) in [5, 5.41) is 9.18. The minimum absolute atomic E-state index is 0.00796. The van der Waals surface area contributed by atoms with E-state index >= 15 is 0 Å². The summed E-state index contributed by atoms with van der Waals surface area (Å²) >= 11 is 3.77. The predicted molar refractivity (Wildman–Crippen MR) is 116 cm³/mol. The van der Waals surface area contributed by atoms with Crippen molar-refractivity contribution < 1.29 is 42.1 Å². The number of aromatic carboxylic acids is 1. The minimum Gasteiger partial charge on any atom is -0.478 e. The Hall–Kier alpha value is -1.12. The van der Waals surface area contributed by atoms with Crippen molar-refractivity contribution in [2.45, 2.75) is 50.3 Å². The van der Waals surface area contributed by atoms with E-state index in [-0.39, 0.29) is 29.6 Å². The van der Waals surface area contributed by atoms with Gasteiger partial charge in [0.15, 0.2) is 5.75 Å². The van der Waals surface area contributed by atoms with Crippen LogP contribution in [0.15, 0.2) is 12.1 Å². The Bertz CT molecular complexity index is 939. The number of rotatable bonds is 4. The smallest absolute Gasteiger partial charge is 0.478 e. The van der Waals surface area contributed by atoms with Gasteiger partial charge < -0.3 is 14.6 Å². The zero-order valence-corrected chi connectivity index (χ0v) is 20.2. The van der Waals surface area contributed by atoms with Gasteiger partial charge in [-0.25, -0.2) is 9.59 Å². The number of ether oxygens (including phenoxy) is 2. The summed E-state index contributed by atoms with van der Waals surface area (Å²) in [6.45, 7) is 0. The highest BCUT2D eigenvalue weighted by Gasteiger charge is 2.64. The molecule has 0 spiro atoms. The van der Waals surface area contributed by atoms with Crippen LogP contribution < -0.4 is 4.74 Å². The van der Waals surface area contributed by atoms with E-state index in [1.165, 1.54) is 12.1 Å². The van der Waals surface area contributed by atoms with Crippen LogP contribution in [-0.4, -0.2) is 34.8 Å². The summed E-state index contributed by atoms with van der Waals surface area (Å²) in [5.74, 6) is -3.68. The Kier molecular flexibility index (Phi) is 5.75. The topological polar surface area (TPSA) is 89.9 Å². The molecular formula is C20H17F3I2O6. The maximum atomic E-state index is 13.3. The Morgan fingerprint density at radius 2 is 1.58 bits per heavy atom. The van der Waals surface area contributed by atoms with Gasteiger partial charge in [-0.15, -0.1) is 0 Å². The van der Waals surface area contributed by atoms with Crippen LogP contribution in [0.3, 0.4) is 0 Å². The number of hydrogen-bond donors (Lipinski definition) is 1. The molecule has 1 aromatic rings. The van der Waals surface area contributed by atoms with E-state index in [1.807, 2.05) is 45.2 Å². The molecule has 11 heteroatoms. The number of halogens is 5. The molecule has 2 unspecified atom stereocenters. The van der Waals surface area contributed by atoms with Crippen LogP contribution in [0, 0.1) is 24.4 Å². The second-order valence-corrected chi connectivity index (χ2v) is 11.1. The molecule has 4 bridgehead atoms. The number of alkyl halides is 3. The monoisotopic (exact) mass is 664 g/mol. The predicted octanol–water partition coefficient (Wildman–Crippen LogP) is 4.94. The highest BCUT2D eigenvalue weighted by molar-refractivity contribution is 14.1. The molecule has 4 fully saturated rings. The van der Waals surface area contributed by atoms with Crippen molar-refractivity contribution >= 4 is 63.1 Å². The number of benzene rings is 1. The summed E-state index contributed by atoms with van der Waals surface area (Å²) in [6.07, 6.45) is -2.68. The molecule has 31 heavy (non-hydrogen) atoms. The number of carboxylic acids is 1. The Morgan fingerprint density at radius 3 is 2.06 bits per heavy atom. The van der Waals surface area contributed by atoms with Crippen LogP contribution >= 0.6 is 45.2 Å². The molecule has 4 saturated carbocycles. The first-order valence-electron chi connectivity index (χ1n) is 9.57. The second kappa shape index (κ2) is 7.73. The van der Waals surface area contributed by atoms with Gasteiger partial charge in [-0.05, 0) is 101 Å². The van der Waals surface area contributed by atoms with Gasteiger partial charge in [0.25, 0.3) is 0 Å². The summed E-state index contributed by atoms with van der Waals surface area (Å²) in [5.41, 5.74) is -2.27. The SMILES string of the molecule is O=C(O)c1cc(I)c(OC(=O)C23CC4CC(CC(OC(=O)C(F)(F)F)(C4)C2)C3)c(I)c1. The van der Waals surface area contributed by atoms with Gasteiger partial charge in [0, 0.05) is 6.42 Å². The lowest BCUT2D eigenvalue weighted by molar-refractivity contribution is -0.239. The van der Waals surface area contributed by atoms with Crippen molar-refractivity contribution in [2.24, 2.45) is 17.3 Å². The maximum absolute atomic E-state index is 13.3. The molecule has 0 radical (unpaired) electrons. The van der Waals surface area contributed by atoms with E-state index in [2.05, 4.69) is 0 Å². The molecule has 0 amide bonds. The molecule has 4 aliphatic carbocycles. The molecule has 2 atom stereocenters. The van der Waals surface area contributed by atoms with Crippen molar-refractivity contribution in [1.29, 1.82) is 0 Å². The van der Waals surface area contributed by atoms with Gasteiger partial charge in [0.2, 0.25) is 0 Å². The van der Waals surface area contributed by atoms with Crippen molar-refractivity contribution in [1.82, 2.24) is 0 Å². The highest BCUT2D eigenvalue weighted by atomic mass is 127. The van der Waals surface area contributed by atoms with Crippen LogP contribution in [-0.2, 0) is 14.3 Å². The van der Waals surface area contributed by atoms with Crippen LogP contribution in [0.25, 0.3) is 0 Å². The summed E-state index contributed by atoms with van der Waals surface area (Å²) in [6, 6.07) is 2.78. The van der Waals surface area contributed by atoms with E-state index in [1.54, 1.807) is 0 Å². The van der Waals surface area contributed by atoms with Crippen molar-refractivity contribution in [3.05, 3.63) is 24.8 Å². The number of carboxylic acid groups (broad SMARTS) is 1. The molecule has 1 N–H and O–H groups in total. The largest absolute Gasteiger partial charge is 0.490 e. The van der Waals surface area contributed by atoms with Gasteiger partial charge in [0.1, 0.15) is 5.60 Å². The lowest BCUT2D eigenvalue weighted by atomic mass is 9.48. The third kappa shape index (κ3) is 4.27. The molecule has 0 saturated heterocycles. The van der Waals surface area contributed by atoms with E-state index < -0.39 is 35.1 Å². The lowest BCUT2D eigenvalue weighted by Gasteiger charge is -2.59. The van der Waals surface area contributed by atoms with E-state index in [0.717, 1.165) is 6.42 Å². The maximum Gasteiger partial charge on any atom is 0.490 e. The van der Waals surface area contributed by atoms with Crippen molar-refractivity contribution in [3.63, 3.8) is 0 Å². The van der Waals surface area contributed by atoms with E-state index in [4.69, 9.17) is 9.47 Å². The standard InChI is InChI=1S/C20H17F3I2O6/c21-20(22,23)17(29)31-19-6-9-1-10(7-19)5-18(4-9,8-19)16(28)30-14-12(24)2-11(15(26)27)3-13(14)25/h2-3,9-10H,1,4-8H2,(H,26,27). The summed E-state index contributed by atoms with van der Waals surface area (Å²) in [4.78, 5) is 36.1. The average molecular weight is 664 g/mol. The molecular weight excluding hydrogens is 647 g/mol. The molecule has 1 aromatic carbocycles. The molecule has 5 rings (SSSR count). The first kappa shape index (κ1) is 23.1. The number of carbonyl (C=O) groups excluding carboxylic acids is 2. The van der Waals surface area contributed by atoms with Gasteiger partial charge >= 0.3 is 24.1 Å². The number of hydrogen-bond acceptors (Lipinski definition) is 5. The number of esters is 2. The highest BCUT2D eigenvalue weighted by Crippen LogP contribution is 2.63.